The smallest absolute Gasteiger partial charge is 0.235 e. The van der Waals surface area contributed by atoms with Crippen LogP contribution in [0, 0.1) is 6.92 Å². The minimum absolute atomic E-state index is 0.689. The fourth-order valence-corrected chi connectivity index (χ4v) is 3.09. The zero-order valence-electron chi connectivity index (χ0n) is 12.1. The molecule has 0 saturated carbocycles. The van der Waals surface area contributed by atoms with E-state index in [-0.39, 0.29) is 0 Å². The number of furan rings is 1. The number of nitrogens with zero attached hydrogens (tertiary/aromatic N) is 4. The van der Waals surface area contributed by atoms with Crippen molar-refractivity contribution in [3.63, 3.8) is 0 Å². The van der Waals surface area contributed by atoms with Crippen molar-refractivity contribution in [3.05, 3.63) is 57.9 Å². The van der Waals surface area contributed by atoms with Crippen LogP contribution in [-0.2, 0) is 0 Å². The zero-order valence-corrected chi connectivity index (χ0v) is 13.7. The van der Waals surface area contributed by atoms with Crippen molar-refractivity contribution in [2.24, 2.45) is 0 Å². The zero-order chi connectivity index (χ0) is 15.8. The van der Waals surface area contributed by atoms with Gasteiger partial charge in [0.25, 0.3) is 0 Å². The van der Waals surface area contributed by atoms with Crippen LogP contribution in [-0.4, -0.2) is 19.8 Å². The van der Waals surface area contributed by atoms with Crippen molar-refractivity contribution < 1.29 is 4.42 Å². The first-order chi connectivity index (χ1) is 11.2. The second-order valence-electron chi connectivity index (χ2n) is 4.93. The Balaban J connectivity index is 1.68. The lowest BCUT2D eigenvalue weighted by Gasteiger charge is -1.93. The van der Waals surface area contributed by atoms with E-state index < -0.39 is 0 Å². The molecule has 4 aromatic rings. The molecule has 0 saturated heterocycles. The van der Waals surface area contributed by atoms with E-state index >= 15 is 0 Å². The highest BCUT2D eigenvalue weighted by Crippen LogP contribution is 2.25. The molecule has 0 aliphatic carbocycles. The average Bonchev–Trinajstić information content (AvgIpc) is 3.22. The molecule has 3 aromatic heterocycles. The van der Waals surface area contributed by atoms with Crippen LogP contribution in [0.4, 0.5) is 0 Å². The maximum Gasteiger partial charge on any atom is 0.235 e. The summed E-state index contributed by atoms with van der Waals surface area (Å²) in [5, 5.41) is 14.5. The van der Waals surface area contributed by atoms with Crippen LogP contribution < -0.4 is 0 Å². The molecule has 0 atom stereocenters. The van der Waals surface area contributed by atoms with E-state index in [4.69, 9.17) is 16.0 Å². The molecular weight excluding hydrogens is 332 g/mol. The third kappa shape index (κ3) is 2.67. The van der Waals surface area contributed by atoms with E-state index in [0.717, 1.165) is 31.9 Å². The van der Waals surface area contributed by atoms with E-state index in [9.17, 15) is 0 Å². The first kappa shape index (κ1) is 14.2. The summed E-state index contributed by atoms with van der Waals surface area (Å²) in [5.41, 5.74) is 1.96. The predicted octanol–water partition coefficient (Wildman–Crippen LogP) is 4.58. The third-order valence-electron chi connectivity index (χ3n) is 3.39. The van der Waals surface area contributed by atoms with Gasteiger partial charge >= 0.3 is 0 Å². The molecule has 114 valence electrons. The van der Waals surface area contributed by atoms with E-state index in [2.05, 4.69) is 15.3 Å². The Morgan fingerprint density at radius 1 is 1.13 bits per heavy atom. The summed E-state index contributed by atoms with van der Waals surface area (Å²) in [6.07, 6.45) is 5.58. The Kier molecular flexibility index (Phi) is 3.48. The van der Waals surface area contributed by atoms with Crippen LogP contribution >= 0.6 is 22.9 Å². The van der Waals surface area contributed by atoms with Crippen molar-refractivity contribution in [1.82, 2.24) is 19.8 Å². The first-order valence-corrected chi connectivity index (χ1v) is 8.10. The van der Waals surface area contributed by atoms with Crippen molar-refractivity contribution in [2.45, 2.75) is 6.92 Å². The maximum absolute atomic E-state index is 5.89. The summed E-state index contributed by atoms with van der Waals surface area (Å²) in [7, 11) is 0. The Bertz CT molecular complexity index is 997. The number of benzene rings is 1. The van der Waals surface area contributed by atoms with E-state index in [0.29, 0.717) is 5.82 Å². The largest absolute Gasteiger partial charge is 0.469 e. The number of aryl methyl sites for hydroxylation is 1. The number of halogens is 1. The maximum atomic E-state index is 5.89. The van der Waals surface area contributed by atoms with E-state index in [1.54, 1.807) is 10.8 Å². The minimum Gasteiger partial charge on any atom is -0.469 e. The van der Waals surface area contributed by atoms with Gasteiger partial charge in [-0.1, -0.05) is 41.1 Å². The van der Waals surface area contributed by atoms with Gasteiger partial charge in [0, 0.05) is 5.02 Å². The molecule has 0 amide bonds. The highest BCUT2D eigenvalue weighted by molar-refractivity contribution is 7.17. The second-order valence-corrected chi connectivity index (χ2v) is 6.36. The SMILES string of the molecule is Cc1occc1-c1nnc2sc(/C=C/c3ccc(Cl)cc3)nn12. The second kappa shape index (κ2) is 5.64. The summed E-state index contributed by atoms with van der Waals surface area (Å²) < 4.78 is 7.07. The van der Waals surface area contributed by atoms with Gasteiger partial charge in [-0.3, -0.25) is 0 Å². The van der Waals surface area contributed by atoms with Gasteiger partial charge in [-0.25, -0.2) is 0 Å². The van der Waals surface area contributed by atoms with Gasteiger partial charge in [-0.2, -0.15) is 9.61 Å². The van der Waals surface area contributed by atoms with E-state index in [1.165, 1.54) is 11.3 Å². The number of aromatic nitrogens is 4. The van der Waals surface area contributed by atoms with Crippen molar-refractivity contribution in [1.29, 1.82) is 0 Å². The molecule has 1 aromatic carbocycles. The number of fused-ring (bicyclic) bond motifs is 1. The lowest BCUT2D eigenvalue weighted by Crippen LogP contribution is -1.90. The topological polar surface area (TPSA) is 56.2 Å². The van der Waals surface area contributed by atoms with Crippen LogP contribution in [0.25, 0.3) is 28.5 Å². The summed E-state index contributed by atoms with van der Waals surface area (Å²) in [6.45, 7) is 1.89. The highest BCUT2D eigenvalue weighted by Gasteiger charge is 2.15. The highest BCUT2D eigenvalue weighted by atomic mass is 35.5. The molecule has 0 fully saturated rings. The minimum atomic E-state index is 0.689. The van der Waals surface area contributed by atoms with Gasteiger partial charge in [0.05, 0.1) is 11.8 Å². The third-order valence-corrected chi connectivity index (χ3v) is 4.51. The average molecular weight is 343 g/mol. The fourth-order valence-electron chi connectivity index (χ4n) is 2.23. The molecule has 0 aliphatic rings. The molecule has 3 heterocycles. The summed E-state index contributed by atoms with van der Waals surface area (Å²) in [5.74, 6) is 1.49. The van der Waals surface area contributed by atoms with Crippen LogP contribution in [0.1, 0.15) is 16.3 Å². The lowest BCUT2D eigenvalue weighted by atomic mass is 10.2. The van der Waals surface area contributed by atoms with Gasteiger partial charge in [0.15, 0.2) is 5.82 Å². The van der Waals surface area contributed by atoms with Crippen LogP contribution in [0.5, 0.6) is 0 Å². The fraction of sp³-hybridized carbons (Fsp3) is 0.0625. The Morgan fingerprint density at radius 3 is 2.70 bits per heavy atom. The molecular formula is C16H11ClN4OS. The molecule has 0 radical (unpaired) electrons. The van der Waals surface area contributed by atoms with Gasteiger partial charge in [-0.15, -0.1) is 10.2 Å². The lowest BCUT2D eigenvalue weighted by molar-refractivity contribution is 0.535. The molecule has 0 spiro atoms. The molecule has 4 rings (SSSR count). The summed E-state index contributed by atoms with van der Waals surface area (Å²) in [4.78, 5) is 0.747. The van der Waals surface area contributed by atoms with Gasteiger partial charge < -0.3 is 4.42 Å². The van der Waals surface area contributed by atoms with Crippen molar-refractivity contribution in [3.8, 4) is 11.4 Å². The molecule has 5 nitrogen and oxygen atoms in total. The Hall–Kier alpha value is -2.44. The molecule has 0 N–H and O–H groups in total. The molecule has 0 unspecified atom stereocenters. The number of rotatable bonds is 3. The van der Waals surface area contributed by atoms with E-state index in [1.807, 2.05) is 49.4 Å². The molecule has 0 aliphatic heterocycles. The summed E-state index contributed by atoms with van der Waals surface area (Å²) >= 11 is 7.36. The van der Waals surface area contributed by atoms with Gasteiger partial charge in [0.2, 0.25) is 4.96 Å². The number of hydrogen-bond donors (Lipinski definition) is 0. The van der Waals surface area contributed by atoms with Gasteiger partial charge in [0.1, 0.15) is 10.8 Å². The quantitative estimate of drug-likeness (QED) is 0.547. The Labute approximate surface area is 140 Å². The molecule has 0 bridgehead atoms. The standard InChI is InChI=1S/C16H11ClN4OS/c1-10-13(8-9-22-10)15-18-19-16-21(15)20-14(23-16)7-4-11-2-5-12(17)6-3-11/h2-9H,1H3/b7-4+. The number of hydrogen-bond acceptors (Lipinski definition) is 5. The molecule has 7 heteroatoms. The first-order valence-electron chi connectivity index (χ1n) is 6.91. The van der Waals surface area contributed by atoms with Crippen molar-refractivity contribution in [2.75, 3.05) is 0 Å². The summed E-state index contributed by atoms with van der Waals surface area (Å²) in [6, 6.07) is 9.51. The van der Waals surface area contributed by atoms with Gasteiger partial charge in [-0.05, 0) is 36.8 Å². The molecule has 23 heavy (non-hydrogen) atoms. The Morgan fingerprint density at radius 2 is 1.96 bits per heavy atom. The normalized spacial score (nSPS) is 11.7. The van der Waals surface area contributed by atoms with Crippen LogP contribution in [0.15, 0.2) is 41.0 Å². The monoisotopic (exact) mass is 342 g/mol. The van der Waals surface area contributed by atoms with Crippen LogP contribution in [0.2, 0.25) is 5.02 Å². The van der Waals surface area contributed by atoms with Crippen molar-refractivity contribution >= 4 is 40.1 Å². The van der Waals surface area contributed by atoms with Crippen LogP contribution in [0.3, 0.4) is 0 Å². The predicted molar refractivity (Wildman–Crippen MR) is 91.5 cm³/mol.